The van der Waals surface area contributed by atoms with Crippen molar-refractivity contribution in [2.45, 2.75) is 37.0 Å². The topological polar surface area (TPSA) is 43.6 Å². The monoisotopic (exact) mass is 282 g/mol. The maximum atomic E-state index is 5.85. The molecular weight excluding hydrogens is 268 g/mol. The van der Waals surface area contributed by atoms with E-state index in [-0.39, 0.29) is 0 Å². The van der Waals surface area contributed by atoms with Gasteiger partial charge >= 0.3 is 0 Å². The number of hydrogen-bond donors (Lipinski definition) is 0. The molecule has 0 radical (unpaired) electrons. The summed E-state index contributed by atoms with van der Waals surface area (Å²) in [6.07, 6.45) is 2.24. The van der Waals surface area contributed by atoms with E-state index in [1.165, 1.54) is 4.90 Å². The normalized spacial score (nSPS) is 10.8. The number of halogens is 1. The van der Waals surface area contributed by atoms with E-state index < -0.39 is 0 Å². The van der Waals surface area contributed by atoms with Crippen LogP contribution < -0.4 is 0 Å². The Labute approximate surface area is 116 Å². The molecule has 1 aromatic carbocycles. The molecule has 1 heterocycles. The van der Waals surface area contributed by atoms with Crippen LogP contribution >= 0.6 is 23.4 Å². The average Bonchev–Trinajstić information content (AvgIpc) is 2.83. The van der Waals surface area contributed by atoms with Gasteiger partial charge in [0.1, 0.15) is 0 Å². The molecule has 2 rings (SSSR count). The van der Waals surface area contributed by atoms with Crippen LogP contribution in [0.3, 0.4) is 0 Å². The maximum absolute atomic E-state index is 5.85. The standard InChI is InChI=1S/C12H15ClN4S/c1-2-3-8-17-12(14-15-16-17)9-18-11-6-4-10(13)5-7-11/h4-7H,2-3,8-9H2,1H3. The molecule has 0 N–H and O–H groups in total. The van der Waals surface area contributed by atoms with Crippen molar-refractivity contribution in [3.8, 4) is 0 Å². The van der Waals surface area contributed by atoms with E-state index in [2.05, 4.69) is 22.4 Å². The van der Waals surface area contributed by atoms with E-state index in [1.807, 2.05) is 28.9 Å². The first-order chi connectivity index (χ1) is 8.79. The third-order valence-electron chi connectivity index (χ3n) is 2.51. The Morgan fingerprint density at radius 2 is 2.06 bits per heavy atom. The lowest BCUT2D eigenvalue weighted by molar-refractivity contribution is 0.540. The molecule has 96 valence electrons. The average molecular weight is 283 g/mol. The summed E-state index contributed by atoms with van der Waals surface area (Å²) in [5.41, 5.74) is 0. The highest BCUT2D eigenvalue weighted by Gasteiger charge is 2.06. The third-order valence-corrected chi connectivity index (χ3v) is 3.77. The molecule has 0 saturated carbocycles. The van der Waals surface area contributed by atoms with Crippen LogP contribution in [0, 0.1) is 0 Å². The van der Waals surface area contributed by atoms with Crippen molar-refractivity contribution in [1.82, 2.24) is 20.2 Å². The molecule has 4 nitrogen and oxygen atoms in total. The van der Waals surface area contributed by atoms with E-state index in [0.29, 0.717) is 0 Å². The molecule has 1 aromatic heterocycles. The fourth-order valence-corrected chi connectivity index (χ4v) is 2.44. The summed E-state index contributed by atoms with van der Waals surface area (Å²) in [6, 6.07) is 7.80. The summed E-state index contributed by atoms with van der Waals surface area (Å²) >= 11 is 7.56. The number of aryl methyl sites for hydroxylation is 1. The minimum atomic E-state index is 0.757. The van der Waals surface area contributed by atoms with Crippen LogP contribution in [0.25, 0.3) is 0 Å². The van der Waals surface area contributed by atoms with Gasteiger partial charge in [-0.25, -0.2) is 4.68 Å². The Kier molecular flexibility index (Phi) is 5.01. The van der Waals surface area contributed by atoms with Crippen molar-refractivity contribution in [2.75, 3.05) is 0 Å². The number of aromatic nitrogens is 4. The highest BCUT2D eigenvalue weighted by atomic mass is 35.5. The second-order valence-corrected chi connectivity index (χ2v) is 5.40. The summed E-state index contributed by atoms with van der Waals surface area (Å²) in [5, 5.41) is 12.5. The van der Waals surface area contributed by atoms with Gasteiger partial charge in [-0.3, -0.25) is 0 Å². The van der Waals surface area contributed by atoms with E-state index in [1.54, 1.807) is 11.8 Å². The first-order valence-electron chi connectivity index (χ1n) is 5.93. The quantitative estimate of drug-likeness (QED) is 0.762. The molecule has 0 atom stereocenters. The molecule has 0 aliphatic rings. The molecular formula is C12H15ClN4S. The molecule has 0 bridgehead atoms. The zero-order valence-electron chi connectivity index (χ0n) is 10.2. The van der Waals surface area contributed by atoms with Gasteiger partial charge in [0.2, 0.25) is 0 Å². The summed E-state index contributed by atoms with van der Waals surface area (Å²) < 4.78 is 1.88. The van der Waals surface area contributed by atoms with Gasteiger partial charge in [0.05, 0.1) is 5.75 Å². The Bertz CT molecular complexity index is 483. The van der Waals surface area contributed by atoms with Crippen molar-refractivity contribution in [2.24, 2.45) is 0 Å². The van der Waals surface area contributed by atoms with Gasteiger partial charge in [-0.05, 0) is 41.1 Å². The van der Waals surface area contributed by atoms with Crippen molar-refractivity contribution >= 4 is 23.4 Å². The van der Waals surface area contributed by atoms with Crippen LogP contribution in [-0.2, 0) is 12.3 Å². The van der Waals surface area contributed by atoms with Crippen LogP contribution in [0.2, 0.25) is 5.02 Å². The number of benzene rings is 1. The second kappa shape index (κ2) is 6.75. The van der Waals surface area contributed by atoms with Gasteiger partial charge in [0, 0.05) is 16.5 Å². The fraction of sp³-hybridized carbons (Fsp3) is 0.417. The number of thioether (sulfide) groups is 1. The number of unbranched alkanes of at least 4 members (excludes halogenated alkanes) is 1. The number of rotatable bonds is 6. The molecule has 0 amide bonds. The first-order valence-corrected chi connectivity index (χ1v) is 7.29. The zero-order chi connectivity index (χ0) is 12.8. The van der Waals surface area contributed by atoms with Gasteiger partial charge in [-0.2, -0.15) is 0 Å². The van der Waals surface area contributed by atoms with Gasteiger partial charge in [-0.15, -0.1) is 16.9 Å². The summed E-state index contributed by atoms with van der Waals surface area (Å²) in [4.78, 5) is 1.17. The van der Waals surface area contributed by atoms with Crippen molar-refractivity contribution < 1.29 is 0 Å². The zero-order valence-corrected chi connectivity index (χ0v) is 11.8. The molecule has 0 aliphatic carbocycles. The SMILES string of the molecule is CCCCn1nnnc1CSc1ccc(Cl)cc1. The Morgan fingerprint density at radius 1 is 1.28 bits per heavy atom. The molecule has 0 spiro atoms. The minimum Gasteiger partial charge on any atom is -0.229 e. The van der Waals surface area contributed by atoms with Crippen LogP contribution in [0.15, 0.2) is 29.2 Å². The summed E-state index contributed by atoms with van der Waals surface area (Å²) in [7, 11) is 0. The van der Waals surface area contributed by atoms with Gasteiger partial charge in [0.25, 0.3) is 0 Å². The van der Waals surface area contributed by atoms with Gasteiger partial charge < -0.3 is 0 Å². The maximum Gasteiger partial charge on any atom is 0.161 e. The largest absolute Gasteiger partial charge is 0.229 e. The first kappa shape index (κ1) is 13.4. The Hall–Kier alpha value is -1.07. The number of hydrogen-bond acceptors (Lipinski definition) is 4. The van der Waals surface area contributed by atoms with Crippen molar-refractivity contribution in [3.05, 3.63) is 35.1 Å². The number of tetrazole rings is 1. The van der Waals surface area contributed by atoms with Crippen LogP contribution in [0.5, 0.6) is 0 Å². The molecule has 2 aromatic rings. The molecule has 18 heavy (non-hydrogen) atoms. The van der Waals surface area contributed by atoms with E-state index in [4.69, 9.17) is 11.6 Å². The Balaban J connectivity index is 1.93. The van der Waals surface area contributed by atoms with Crippen molar-refractivity contribution in [3.63, 3.8) is 0 Å². The van der Waals surface area contributed by atoms with Crippen molar-refractivity contribution in [1.29, 1.82) is 0 Å². The molecule has 0 saturated heterocycles. The predicted molar refractivity (Wildman–Crippen MR) is 73.7 cm³/mol. The van der Waals surface area contributed by atoms with Crippen LogP contribution in [0.1, 0.15) is 25.6 Å². The summed E-state index contributed by atoms with van der Waals surface area (Å²) in [5.74, 6) is 1.70. The van der Waals surface area contributed by atoms with Gasteiger partial charge in [0.15, 0.2) is 5.82 Å². The minimum absolute atomic E-state index is 0.757. The highest BCUT2D eigenvalue weighted by Crippen LogP contribution is 2.23. The lowest BCUT2D eigenvalue weighted by atomic mass is 10.3. The predicted octanol–water partition coefficient (Wildman–Crippen LogP) is 3.42. The van der Waals surface area contributed by atoms with Crippen LogP contribution in [0.4, 0.5) is 0 Å². The molecule has 0 unspecified atom stereocenters. The highest BCUT2D eigenvalue weighted by molar-refractivity contribution is 7.98. The lowest BCUT2D eigenvalue weighted by Gasteiger charge is -2.03. The molecule has 6 heteroatoms. The smallest absolute Gasteiger partial charge is 0.161 e. The van der Waals surface area contributed by atoms with Gasteiger partial charge in [-0.1, -0.05) is 24.9 Å². The van der Waals surface area contributed by atoms with E-state index >= 15 is 0 Å². The lowest BCUT2D eigenvalue weighted by Crippen LogP contribution is -2.04. The third kappa shape index (κ3) is 3.71. The van der Waals surface area contributed by atoms with Crippen LogP contribution in [-0.4, -0.2) is 20.2 Å². The number of nitrogens with zero attached hydrogens (tertiary/aromatic N) is 4. The fourth-order valence-electron chi connectivity index (χ4n) is 1.49. The molecule has 0 fully saturated rings. The van der Waals surface area contributed by atoms with E-state index in [9.17, 15) is 0 Å². The summed E-state index contributed by atoms with van der Waals surface area (Å²) in [6.45, 7) is 3.05. The Morgan fingerprint density at radius 3 is 2.78 bits per heavy atom. The second-order valence-electron chi connectivity index (χ2n) is 3.91. The molecule has 0 aliphatic heterocycles. The van der Waals surface area contributed by atoms with E-state index in [0.717, 1.165) is 36.0 Å².